The van der Waals surface area contributed by atoms with E-state index < -0.39 is 10.8 Å². The Labute approximate surface area is 136 Å². The number of unbranched alkanes of at least 4 members (excludes halogenated alkanes) is 1. The van der Waals surface area contributed by atoms with E-state index in [2.05, 4.69) is 10.4 Å². The maximum Gasteiger partial charge on any atom is 0.320 e. The molecule has 0 aromatic carbocycles. The van der Waals surface area contributed by atoms with Crippen LogP contribution in [0.1, 0.15) is 28.2 Å². The van der Waals surface area contributed by atoms with E-state index in [1.165, 1.54) is 22.8 Å². The van der Waals surface area contributed by atoms with Gasteiger partial charge in [0.25, 0.3) is 5.91 Å². The molecule has 9 heteroatoms. The van der Waals surface area contributed by atoms with Crippen LogP contribution in [0.3, 0.4) is 0 Å². The van der Waals surface area contributed by atoms with E-state index in [1.807, 2.05) is 12.1 Å². The second kappa shape index (κ2) is 7.37. The normalized spacial score (nSPS) is 10.6. The van der Waals surface area contributed by atoms with Gasteiger partial charge in [-0.05, 0) is 31.4 Å². The lowest BCUT2D eigenvalue weighted by Crippen LogP contribution is -2.25. The second-order valence-electron chi connectivity index (χ2n) is 4.71. The summed E-state index contributed by atoms with van der Waals surface area (Å²) in [4.78, 5) is 23.3. The molecule has 0 atom stereocenters. The van der Waals surface area contributed by atoms with Crippen LogP contribution < -0.4 is 5.32 Å². The van der Waals surface area contributed by atoms with Crippen molar-refractivity contribution in [2.24, 2.45) is 7.05 Å². The average Bonchev–Trinajstić information content (AvgIpc) is 3.04. The molecule has 1 amide bonds. The number of aryl methyl sites for hydroxylation is 2. The molecule has 1 N–H and O–H groups in total. The summed E-state index contributed by atoms with van der Waals surface area (Å²) in [6.45, 7) is 0.450. The molecule has 0 spiro atoms. The van der Waals surface area contributed by atoms with Crippen molar-refractivity contribution in [2.75, 3.05) is 6.54 Å². The highest BCUT2D eigenvalue weighted by Crippen LogP contribution is 2.22. The highest BCUT2D eigenvalue weighted by atomic mass is 35.5. The lowest BCUT2D eigenvalue weighted by molar-refractivity contribution is -0.385. The van der Waals surface area contributed by atoms with Crippen LogP contribution in [0.15, 0.2) is 18.3 Å². The Morgan fingerprint density at radius 3 is 2.91 bits per heavy atom. The lowest BCUT2D eigenvalue weighted by Gasteiger charge is -2.02. The molecule has 0 aliphatic carbocycles. The SMILES string of the molecule is Cn1cc([N+](=O)[O-])c(C(=O)NCCCCc2ccc(Cl)s2)n1. The third kappa shape index (κ3) is 4.28. The van der Waals surface area contributed by atoms with Crippen molar-refractivity contribution in [1.82, 2.24) is 15.1 Å². The molecule has 2 aromatic rings. The van der Waals surface area contributed by atoms with Crippen molar-refractivity contribution in [3.63, 3.8) is 0 Å². The number of thiophene rings is 1. The smallest absolute Gasteiger partial charge is 0.320 e. The highest BCUT2D eigenvalue weighted by Gasteiger charge is 2.24. The van der Waals surface area contributed by atoms with E-state index in [-0.39, 0.29) is 11.4 Å². The number of amides is 1. The number of hydrogen-bond acceptors (Lipinski definition) is 5. The van der Waals surface area contributed by atoms with Crippen LogP contribution >= 0.6 is 22.9 Å². The maximum atomic E-state index is 11.9. The number of nitrogens with zero attached hydrogens (tertiary/aromatic N) is 3. The molecule has 0 saturated carbocycles. The molecule has 2 rings (SSSR count). The quantitative estimate of drug-likeness (QED) is 0.476. The van der Waals surface area contributed by atoms with Gasteiger partial charge in [-0.1, -0.05) is 11.6 Å². The summed E-state index contributed by atoms with van der Waals surface area (Å²) in [5.41, 5.74) is -0.439. The molecular weight excluding hydrogens is 328 g/mol. The fourth-order valence-electron chi connectivity index (χ4n) is 1.97. The Hall–Kier alpha value is -1.93. The Kier molecular flexibility index (Phi) is 5.51. The second-order valence-corrected chi connectivity index (χ2v) is 6.51. The minimum atomic E-state index is -0.609. The lowest BCUT2D eigenvalue weighted by atomic mass is 10.2. The maximum absolute atomic E-state index is 11.9. The molecule has 7 nitrogen and oxygen atoms in total. The van der Waals surface area contributed by atoms with Gasteiger partial charge in [0.1, 0.15) is 6.20 Å². The number of nitro groups is 1. The largest absolute Gasteiger partial charge is 0.350 e. The predicted molar refractivity (Wildman–Crippen MR) is 84.5 cm³/mol. The monoisotopic (exact) mass is 342 g/mol. The van der Waals surface area contributed by atoms with Crippen molar-refractivity contribution in [3.8, 4) is 0 Å². The van der Waals surface area contributed by atoms with Gasteiger partial charge in [0.05, 0.1) is 9.26 Å². The van der Waals surface area contributed by atoms with E-state index in [4.69, 9.17) is 11.6 Å². The third-order valence-corrected chi connectivity index (χ3v) is 4.28. The zero-order valence-corrected chi connectivity index (χ0v) is 13.5. The van der Waals surface area contributed by atoms with Gasteiger partial charge in [0.15, 0.2) is 0 Å². The van der Waals surface area contributed by atoms with Crippen LogP contribution in [-0.2, 0) is 13.5 Å². The average molecular weight is 343 g/mol. The van der Waals surface area contributed by atoms with Crippen LogP contribution in [0.25, 0.3) is 0 Å². The minimum Gasteiger partial charge on any atom is -0.350 e. The molecular formula is C13H15ClN4O3S. The number of halogens is 1. The van der Waals surface area contributed by atoms with Gasteiger partial charge in [0.2, 0.25) is 5.69 Å². The number of rotatable bonds is 7. The number of aromatic nitrogens is 2. The summed E-state index contributed by atoms with van der Waals surface area (Å²) in [7, 11) is 1.54. The first-order chi connectivity index (χ1) is 10.5. The molecule has 2 heterocycles. The van der Waals surface area contributed by atoms with Crippen LogP contribution in [0, 0.1) is 10.1 Å². The highest BCUT2D eigenvalue weighted by molar-refractivity contribution is 7.16. The van der Waals surface area contributed by atoms with Crippen LogP contribution in [0.2, 0.25) is 4.34 Å². The van der Waals surface area contributed by atoms with Gasteiger partial charge in [-0.15, -0.1) is 11.3 Å². The minimum absolute atomic E-state index is 0.155. The van der Waals surface area contributed by atoms with Crippen molar-refractivity contribution in [2.45, 2.75) is 19.3 Å². The molecule has 0 aliphatic rings. The van der Waals surface area contributed by atoms with E-state index >= 15 is 0 Å². The van der Waals surface area contributed by atoms with Gasteiger partial charge >= 0.3 is 5.69 Å². The summed E-state index contributed by atoms with van der Waals surface area (Å²) < 4.78 is 2.03. The first-order valence-corrected chi connectivity index (χ1v) is 7.87. The van der Waals surface area contributed by atoms with Crippen molar-refractivity contribution in [1.29, 1.82) is 0 Å². The van der Waals surface area contributed by atoms with Crippen molar-refractivity contribution in [3.05, 3.63) is 43.4 Å². The molecule has 22 heavy (non-hydrogen) atoms. The van der Waals surface area contributed by atoms with E-state index in [0.29, 0.717) is 6.54 Å². The summed E-state index contributed by atoms with van der Waals surface area (Å²) >= 11 is 7.40. The summed E-state index contributed by atoms with van der Waals surface area (Å²) in [6, 6.07) is 3.85. The van der Waals surface area contributed by atoms with Crippen molar-refractivity contribution < 1.29 is 9.72 Å². The standard InChI is InChI=1S/C13H15ClN4O3S/c1-17-8-10(18(20)21)12(16-17)13(19)15-7-3-2-4-9-5-6-11(14)22-9/h5-6,8H,2-4,7H2,1H3,(H,15,19). The first kappa shape index (κ1) is 16.4. The Bertz CT molecular complexity index is 683. The molecule has 2 aromatic heterocycles. The van der Waals surface area contributed by atoms with Gasteiger partial charge in [0, 0.05) is 18.5 Å². The third-order valence-electron chi connectivity index (χ3n) is 2.99. The number of hydrogen-bond donors (Lipinski definition) is 1. The molecule has 0 bridgehead atoms. The summed E-state index contributed by atoms with van der Waals surface area (Å²) in [5.74, 6) is -0.522. The Balaban J connectivity index is 1.77. The number of nitrogens with one attached hydrogen (secondary N) is 1. The van der Waals surface area contributed by atoms with Gasteiger partial charge in [-0.25, -0.2) is 0 Å². The molecule has 0 unspecified atom stereocenters. The van der Waals surface area contributed by atoms with E-state index in [9.17, 15) is 14.9 Å². The number of carbonyl (C=O) groups is 1. The van der Waals surface area contributed by atoms with E-state index in [1.54, 1.807) is 11.3 Å². The fraction of sp³-hybridized carbons (Fsp3) is 0.385. The summed E-state index contributed by atoms with van der Waals surface area (Å²) in [5, 5.41) is 17.3. The molecule has 0 radical (unpaired) electrons. The van der Waals surface area contributed by atoms with E-state index in [0.717, 1.165) is 23.6 Å². The summed E-state index contributed by atoms with van der Waals surface area (Å²) in [6.07, 6.45) is 3.80. The van der Waals surface area contributed by atoms with Crippen LogP contribution in [-0.4, -0.2) is 27.2 Å². The topological polar surface area (TPSA) is 90.1 Å². The predicted octanol–water partition coefficient (Wildman–Crippen LogP) is 2.80. The fourth-order valence-corrected chi connectivity index (χ4v) is 3.10. The van der Waals surface area contributed by atoms with Gasteiger partial charge < -0.3 is 5.32 Å². The molecule has 0 aliphatic heterocycles. The van der Waals surface area contributed by atoms with Crippen LogP contribution in [0.5, 0.6) is 0 Å². The Morgan fingerprint density at radius 1 is 1.50 bits per heavy atom. The Morgan fingerprint density at radius 2 is 2.27 bits per heavy atom. The number of carbonyl (C=O) groups excluding carboxylic acids is 1. The van der Waals surface area contributed by atoms with Crippen LogP contribution in [0.4, 0.5) is 5.69 Å². The van der Waals surface area contributed by atoms with Crippen molar-refractivity contribution >= 4 is 34.5 Å². The van der Waals surface area contributed by atoms with Gasteiger partial charge in [-0.3, -0.25) is 19.6 Å². The first-order valence-electron chi connectivity index (χ1n) is 6.68. The molecule has 0 saturated heterocycles. The molecule has 118 valence electrons. The molecule has 0 fully saturated rings. The zero-order valence-electron chi connectivity index (χ0n) is 11.9. The van der Waals surface area contributed by atoms with Gasteiger partial charge in [-0.2, -0.15) is 5.10 Å². The zero-order chi connectivity index (χ0) is 16.1.